The Balaban J connectivity index is -0.000000681. The summed E-state index contributed by atoms with van der Waals surface area (Å²) in [4.78, 5) is 37.8. The number of unbranched alkanes of at least 4 members (excludes halogenated alkanes) is 56. The predicted octanol–water partition coefficient (Wildman–Crippen LogP) is 32.1. The van der Waals surface area contributed by atoms with Gasteiger partial charge in [-0.25, -0.2) is 0 Å². The van der Waals surface area contributed by atoms with Crippen LogP contribution in [0.4, 0.5) is 0 Å². The molecule has 0 aromatic rings. The van der Waals surface area contributed by atoms with Crippen LogP contribution in [0.3, 0.4) is 0 Å². The molecule has 0 aliphatic carbocycles. The molecule has 0 aromatic heterocycles. The lowest BCUT2D eigenvalue weighted by molar-refractivity contribution is 0.193. The van der Waals surface area contributed by atoms with E-state index >= 15 is 0 Å². The maximum atomic E-state index is 10.9. The summed E-state index contributed by atoms with van der Waals surface area (Å²) in [5, 5.41) is 0. The highest BCUT2D eigenvalue weighted by atomic mass is 31.2. The minimum Gasteiger partial charge on any atom is -0.328 e. The van der Waals surface area contributed by atoms with Gasteiger partial charge in [0, 0.05) is 6.66 Å². The maximum absolute atomic E-state index is 10.9. The van der Waals surface area contributed by atoms with E-state index in [9.17, 15) is 14.4 Å². The summed E-state index contributed by atoms with van der Waals surface area (Å²) in [6.45, 7) is 20.9. The summed E-state index contributed by atoms with van der Waals surface area (Å²) >= 11 is 0. The molecule has 0 rings (SSSR count). The minimum atomic E-state index is -3.26. The van der Waals surface area contributed by atoms with Crippen LogP contribution in [-0.2, 0) is 36.2 Å². The van der Waals surface area contributed by atoms with Crippen LogP contribution in [0, 0.1) is 0 Å². The van der Waals surface area contributed by atoms with Crippen molar-refractivity contribution in [1.82, 2.24) is 0 Å². The van der Waals surface area contributed by atoms with Gasteiger partial charge in [0.2, 0.25) is 0 Å². The monoisotopic (exact) mass is 1540 g/mol. The predicted molar refractivity (Wildman–Crippen MR) is 457 cm³/mol. The first-order valence-electron chi connectivity index (χ1n) is 44.6. The Labute approximate surface area is 647 Å². The van der Waals surface area contributed by atoms with Crippen LogP contribution >= 0.6 is 33.4 Å². The van der Waals surface area contributed by atoms with Crippen molar-refractivity contribution < 1.29 is 55.8 Å². The molecular weight excluding hydrogens is 1360 g/mol. The Bertz CT molecular complexity index is 1530. The molecule has 1 atom stereocenters. The van der Waals surface area contributed by atoms with Crippen molar-refractivity contribution in [3.8, 4) is 0 Å². The van der Waals surface area contributed by atoms with Crippen molar-refractivity contribution in [1.29, 1.82) is 0 Å². The zero-order valence-electron chi connectivity index (χ0n) is 69.9. The fourth-order valence-corrected chi connectivity index (χ4v) is 14.1. The fraction of sp³-hybridized carbons (Fsp3) is 0.931. The van der Waals surface area contributed by atoms with Gasteiger partial charge in [-0.05, 0) is 122 Å². The molecule has 0 saturated carbocycles. The first kappa shape index (κ1) is 110. The molecule has 16 heteroatoms. The van der Waals surface area contributed by atoms with Gasteiger partial charge in [-0.1, -0.05) is 387 Å². The normalized spacial score (nSPS) is 12.3. The zero-order valence-corrected chi connectivity index (χ0v) is 73.5. The van der Waals surface area contributed by atoms with Crippen molar-refractivity contribution >= 4 is 33.4 Å². The summed E-state index contributed by atoms with van der Waals surface area (Å²) in [5.41, 5.74) is 0. The molecule has 0 bridgehead atoms. The molecule has 0 aliphatic heterocycles. The fourth-order valence-electron chi connectivity index (χ4n) is 11.7. The Morgan fingerprint density at radius 1 is 0.214 bits per heavy atom. The van der Waals surface area contributed by atoms with Gasteiger partial charge in [-0.15, -0.1) is 0 Å². The number of allylic oxidation sites excluding steroid dienone is 6. The Kier molecular flexibility index (Phi) is 109. The molecule has 0 heterocycles. The Morgan fingerprint density at radius 3 is 0.515 bits per heavy atom. The lowest BCUT2D eigenvalue weighted by Gasteiger charge is -2.10. The van der Waals surface area contributed by atoms with Crippen LogP contribution in [0.1, 0.15) is 472 Å². The molecule has 620 valence electrons. The molecular formula is C87H180O12P4. The van der Waals surface area contributed by atoms with Gasteiger partial charge in [-0.2, -0.15) is 0 Å². The molecule has 4 N–H and O–H groups in total. The van der Waals surface area contributed by atoms with Crippen LogP contribution in [-0.4, -0.2) is 72.5 Å². The van der Waals surface area contributed by atoms with Crippen molar-refractivity contribution in [2.45, 2.75) is 472 Å². The highest BCUT2D eigenvalue weighted by Crippen LogP contribution is 2.37. The summed E-state index contributed by atoms with van der Waals surface area (Å²) in [7, 11) is -8.20. The SMILES string of the molecule is CCCCCCCC/C=C\CCCCCCCCOP(C)(=O)O.CCCCCCCC/C=C\CCCCCCCCOP(O)OCCCCCCCC/C=C\CCCCCCCC.CCCCCCCCCCCCOP(O)OCCCCCCCCCCCC.CCCCOP(O)OCCCC. The molecule has 0 amide bonds. The molecule has 0 radical (unpaired) electrons. The van der Waals surface area contributed by atoms with Gasteiger partial charge in [0.1, 0.15) is 0 Å². The average molecular weight is 1540 g/mol. The third kappa shape index (κ3) is 116. The van der Waals surface area contributed by atoms with E-state index in [4.69, 9.17) is 41.5 Å². The molecule has 0 saturated heterocycles. The molecule has 0 aromatic carbocycles. The highest BCUT2D eigenvalue weighted by Gasteiger charge is 2.10. The second kappa shape index (κ2) is 102. The van der Waals surface area contributed by atoms with Gasteiger partial charge in [0.25, 0.3) is 0 Å². The van der Waals surface area contributed by atoms with Gasteiger partial charge >= 0.3 is 33.4 Å². The van der Waals surface area contributed by atoms with Crippen LogP contribution < -0.4 is 0 Å². The lowest BCUT2D eigenvalue weighted by atomic mass is 10.1. The van der Waals surface area contributed by atoms with Crippen molar-refractivity contribution in [2.75, 3.05) is 52.9 Å². The topological polar surface area (TPSA) is 163 Å². The molecule has 0 fully saturated rings. The van der Waals surface area contributed by atoms with E-state index in [0.717, 1.165) is 64.2 Å². The Morgan fingerprint density at radius 2 is 0.350 bits per heavy atom. The van der Waals surface area contributed by atoms with Crippen LogP contribution in [0.25, 0.3) is 0 Å². The molecule has 12 nitrogen and oxygen atoms in total. The highest BCUT2D eigenvalue weighted by molar-refractivity contribution is 7.51. The standard InChI is InChI=1S/C36H71O3P.C24H51O3P.C19H39O3P.C8H19O3P/c1-3-5-7-9-11-13-15-17-19-21-23-25-27-29-31-33-35-38-40(37)39-36-34-32-30-28-26-24-22-20-18-16-14-12-10-8-6-4-2;1-3-5-7-9-11-13-15-17-19-21-23-26-28(25)27-24-22-20-18-16-14-12-10-8-6-4-2;1-3-4-5-6-7-8-9-10-11-12-13-14-15-16-17-18-19-22-23(2,20)21;1-3-5-7-10-12(9)11-8-6-4-2/h17-20,37H,3-16,21-36H2,1-2H3;25H,3-24H2,1-2H3;10-11H,3-9,12-19H2,1-2H3,(H,20,21);9H,3-8H2,1-2H3/b19-17-,20-18-;;11-10-;. The van der Waals surface area contributed by atoms with Crippen LogP contribution in [0.5, 0.6) is 0 Å². The third-order valence-corrected chi connectivity index (χ3v) is 21.6. The van der Waals surface area contributed by atoms with E-state index in [1.807, 2.05) is 0 Å². The quantitative estimate of drug-likeness (QED) is 0.0259. The second-order valence-electron chi connectivity index (χ2n) is 29.2. The number of hydrogen-bond donors (Lipinski definition) is 4. The summed E-state index contributed by atoms with van der Waals surface area (Å²) in [6, 6.07) is 0. The lowest BCUT2D eigenvalue weighted by Crippen LogP contribution is -1.95. The van der Waals surface area contributed by atoms with E-state index in [1.165, 1.54) is 366 Å². The largest absolute Gasteiger partial charge is 0.329 e. The van der Waals surface area contributed by atoms with Crippen molar-refractivity contribution in [2.24, 2.45) is 0 Å². The third-order valence-electron chi connectivity index (χ3n) is 18.5. The first-order valence-corrected chi connectivity index (χ1v) is 50.0. The van der Waals surface area contributed by atoms with E-state index in [-0.39, 0.29) is 0 Å². The Hall–Kier alpha value is 0.300. The average Bonchev–Trinajstić information content (AvgIpc) is 1.92. The van der Waals surface area contributed by atoms with E-state index < -0.39 is 33.4 Å². The van der Waals surface area contributed by atoms with Crippen molar-refractivity contribution in [3.63, 3.8) is 0 Å². The molecule has 0 spiro atoms. The van der Waals surface area contributed by atoms with E-state index in [1.54, 1.807) is 0 Å². The van der Waals surface area contributed by atoms with Gasteiger partial charge in [0.05, 0.1) is 46.2 Å². The van der Waals surface area contributed by atoms with E-state index in [0.29, 0.717) is 46.2 Å². The smallest absolute Gasteiger partial charge is 0.328 e. The minimum absolute atomic E-state index is 0.408. The molecule has 0 aliphatic rings. The van der Waals surface area contributed by atoms with Gasteiger partial charge < -0.3 is 51.2 Å². The summed E-state index contributed by atoms with van der Waals surface area (Å²) < 4.78 is 47.6. The van der Waals surface area contributed by atoms with Crippen LogP contribution in [0.15, 0.2) is 36.5 Å². The van der Waals surface area contributed by atoms with E-state index in [2.05, 4.69) is 84.9 Å². The first-order chi connectivity index (χ1) is 50.5. The van der Waals surface area contributed by atoms with Crippen molar-refractivity contribution in [3.05, 3.63) is 36.5 Å². The van der Waals surface area contributed by atoms with Gasteiger partial charge in [0.15, 0.2) is 0 Å². The summed E-state index contributed by atoms with van der Waals surface area (Å²) in [6.07, 6.45) is 99.0. The second-order valence-corrected chi connectivity index (χ2v) is 34.1. The maximum Gasteiger partial charge on any atom is 0.329 e. The zero-order chi connectivity index (χ0) is 76.0. The summed E-state index contributed by atoms with van der Waals surface area (Å²) in [5.74, 6) is 0. The molecule has 1 unspecified atom stereocenters. The molecule has 103 heavy (non-hydrogen) atoms. The number of rotatable bonds is 83. The number of hydrogen-bond acceptors (Lipinski definition) is 11. The van der Waals surface area contributed by atoms with Crippen LogP contribution in [0.2, 0.25) is 0 Å². The van der Waals surface area contributed by atoms with Gasteiger partial charge in [-0.3, -0.25) is 4.57 Å².